The molecule has 3 aromatic carbocycles. The Morgan fingerprint density at radius 3 is 2.43 bits per heavy atom. The maximum Gasteiger partial charge on any atom is 0.323 e. The summed E-state index contributed by atoms with van der Waals surface area (Å²) < 4.78 is 1.67. The summed E-state index contributed by atoms with van der Waals surface area (Å²) in [5, 5.41) is 12.2. The van der Waals surface area contributed by atoms with E-state index in [9.17, 15) is 14.7 Å². The fourth-order valence-electron chi connectivity index (χ4n) is 3.31. The Morgan fingerprint density at radius 1 is 1.00 bits per heavy atom. The van der Waals surface area contributed by atoms with Gasteiger partial charge < -0.3 is 20.7 Å². The fourth-order valence-corrected chi connectivity index (χ4v) is 3.31. The van der Waals surface area contributed by atoms with E-state index in [4.69, 9.17) is 5.73 Å². The van der Waals surface area contributed by atoms with Gasteiger partial charge in [-0.05, 0) is 48.0 Å². The van der Waals surface area contributed by atoms with E-state index in [0.29, 0.717) is 40.2 Å². The molecule has 4 aromatic rings. The van der Waals surface area contributed by atoms with Crippen LogP contribution in [0.25, 0.3) is 11.0 Å². The molecule has 1 aromatic heterocycles. The van der Waals surface area contributed by atoms with Crippen molar-refractivity contribution in [2.75, 3.05) is 11.1 Å². The molecule has 7 nitrogen and oxygen atoms in total. The molecule has 0 spiro atoms. The standard InChI is InChI=1S/C23H20N4O3/c24-17-8-6-16(7-9-17)23(30)25-18-10-11-19-20(13-18)27(14-22(28)29)21(26-19)12-15-4-2-1-3-5-15/h1-11,13H,12,14,24H2,(H,25,30)(H,28,29). The third kappa shape index (κ3) is 4.15. The van der Waals surface area contributed by atoms with Crippen LogP contribution >= 0.6 is 0 Å². The first kappa shape index (κ1) is 19.2. The molecule has 0 radical (unpaired) electrons. The number of amides is 1. The summed E-state index contributed by atoms with van der Waals surface area (Å²) in [6, 6.07) is 21.6. The monoisotopic (exact) mass is 400 g/mol. The van der Waals surface area contributed by atoms with Crippen LogP contribution < -0.4 is 11.1 Å². The minimum absolute atomic E-state index is 0.214. The normalized spacial score (nSPS) is 10.8. The zero-order valence-electron chi connectivity index (χ0n) is 16.1. The predicted molar refractivity (Wildman–Crippen MR) is 115 cm³/mol. The Bertz CT molecular complexity index is 1210. The molecular weight excluding hydrogens is 380 g/mol. The van der Waals surface area contributed by atoms with Crippen LogP contribution in [0.1, 0.15) is 21.7 Å². The summed E-state index contributed by atoms with van der Waals surface area (Å²) >= 11 is 0. The van der Waals surface area contributed by atoms with E-state index in [-0.39, 0.29) is 12.5 Å². The predicted octanol–water partition coefficient (Wildman–Crippen LogP) is 3.55. The fraction of sp³-hybridized carbons (Fsp3) is 0.0870. The lowest BCUT2D eigenvalue weighted by atomic mass is 10.1. The number of hydrogen-bond acceptors (Lipinski definition) is 4. The molecule has 0 saturated carbocycles. The molecule has 0 fully saturated rings. The Hall–Kier alpha value is -4.13. The van der Waals surface area contributed by atoms with Gasteiger partial charge in [0.15, 0.2) is 0 Å². The van der Waals surface area contributed by atoms with Gasteiger partial charge in [0.1, 0.15) is 12.4 Å². The van der Waals surface area contributed by atoms with E-state index in [1.807, 2.05) is 30.3 Å². The Kier molecular flexibility index (Phi) is 5.17. The van der Waals surface area contributed by atoms with E-state index < -0.39 is 5.97 Å². The molecule has 0 aliphatic heterocycles. The number of hydrogen-bond donors (Lipinski definition) is 3. The van der Waals surface area contributed by atoms with Gasteiger partial charge in [0.05, 0.1) is 11.0 Å². The summed E-state index contributed by atoms with van der Waals surface area (Å²) in [7, 11) is 0. The van der Waals surface area contributed by atoms with Crippen LogP contribution in [-0.2, 0) is 17.8 Å². The number of carbonyl (C=O) groups is 2. The lowest BCUT2D eigenvalue weighted by Crippen LogP contribution is -2.13. The molecule has 0 atom stereocenters. The van der Waals surface area contributed by atoms with Gasteiger partial charge in [-0.25, -0.2) is 4.98 Å². The van der Waals surface area contributed by atoms with Gasteiger partial charge in [-0.3, -0.25) is 9.59 Å². The number of aromatic nitrogens is 2. The van der Waals surface area contributed by atoms with Crippen LogP contribution in [0.5, 0.6) is 0 Å². The van der Waals surface area contributed by atoms with E-state index in [0.717, 1.165) is 5.56 Å². The summed E-state index contributed by atoms with van der Waals surface area (Å²) in [5.74, 6) is -0.580. The quantitative estimate of drug-likeness (QED) is 0.429. The summed E-state index contributed by atoms with van der Waals surface area (Å²) in [5.41, 5.74) is 9.65. The Labute approximate surface area is 172 Å². The third-order valence-electron chi connectivity index (χ3n) is 4.76. The van der Waals surface area contributed by atoms with Crippen molar-refractivity contribution < 1.29 is 14.7 Å². The number of nitrogens with one attached hydrogen (secondary N) is 1. The molecule has 4 rings (SSSR count). The Balaban J connectivity index is 1.67. The maximum atomic E-state index is 12.5. The number of aliphatic carboxylic acids is 1. The van der Waals surface area contributed by atoms with Gasteiger partial charge in [0, 0.05) is 23.4 Å². The number of nitrogen functional groups attached to an aromatic ring is 1. The lowest BCUT2D eigenvalue weighted by molar-refractivity contribution is -0.137. The van der Waals surface area contributed by atoms with Crippen molar-refractivity contribution >= 4 is 34.3 Å². The van der Waals surface area contributed by atoms with Crippen molar-refractivity contribution in [3.8, 4) is 0 Å². The average Bonchev–Trinajstić information content (AvgIpc) is 3.05. The number of carbonyl (C=O) groups excluding carboxylic acids is 1. The first-order valence-electron chi connectivity index (χ1n) is 9.41. The van der Waals surface area contributed by atoms with Gasteiger partial charge in [0.25, 0.3) is 5.91 Å². The van der Waals surface area contributed by atoms with Crippen molar-refractivity contribution in [2.45, 2.75) is 13.0 Å². The van der Waals surface area contributed by atoms with E-state index in [2.05, 4.69) is 10.3 Å². The molecule has 0 aliphatic carbocycles. The largest absolute Gasteiger partial charge is 0.480 e. The van der Waals surface area contributed by atoms with Crippen LogP contribution in [0.4, 0.5) is 11.4 Å². The van der Waals surface area contributed by atoms with Crippen LogP contribution in [0.2, 0.25) is 0 Å². The van der Waals surface area contributed by atoms with Crippen LogP contribution in [-0.4, -0.2) is 26.5 Å². The number of rotatable bonds is 6. The van der Waals surface area contributed by atoms with Crippen molar-refractivity contribution in [1.82, 2.24) is 9.55 Å². The molecule has 0 unspecified atom stereocenters. The van der Waals surface area contributed by atoms with Gasteiger partial charge >= 0.3 is 5.97 Å². The molecule has 150 valence electrons. The number of anilines is 2. The lowest BCUT2D eigenvalue weighted by Gasteiger charge is -2.09. The van der Waals surface area contributed by atoms with Crippen molar-refractivity contribution in [2.24, 2.45) is 0 Å². The zero-order valence-corrected chi connectivity index (χ0v) is 16.1. The van der Waals surface area contributed by atoms with E-state index in [1.165, 1.54) is 0 Å². The number of nitrogens with zero attached hydrogens (tertiary/aromatic N) is 2. The van der Waals surface area contributed by atoms with Crippen molar-refractivity contribution in [3.05, 3.63) is 89.7 Å². The zero-order chi connectivity index (χ0) is 21.1. The number of nitrogens with two attached hydrogens (primary N) is 1. The highest BCUT2D eigenvalue weighted by molar-refractivity contribution is 6.05. The van der Waals surface area contributed by atoms with E-state index in [1.54, 1.807) is 47.0 Å². The minimum Gasteiger partial charge on any atom is -0.480 e. The van der Waals surface area contributed by atoms with E-state index >= 15 is 0 Å². The number of carboxylic acid groups (broad SMARTS) is 1. The molecule has 0 aliphatic rings. The average molecular weight is 400 g/mol. The van der Waals surface area contributed by atoms with Crippen molar-refractivity contribution in [3.63, 3.8) is 0 Å². The molecule has 1 amide bonds. The van der Waals surface area contributed by atoms with Crippen LogP contribution in [0.15, 0.2) is 72.8 Å². The first-order chi connectivity index (χ1) is 14.5. The maximum absolute atomic E-state index is 12.5. The topological polar surface area (TPSA) is 110 Å². The third-order valence-corrected chi connectivity index (χ3v) is 4.76. The van der Waals surface area contributed by atoms with Crippen LogP contribution in [0.3, 0.4) is 0 Å². The van der Waals surface area contributed by atoms with Gasteiger partial charge in [-0.15, -0.1) is 0 Å². The second kappa shape index (κ2) is 8.08. The molecular formula is C23H20N4O3. The second-order valence-corrected chi connectivity index (χ2v) is 6.95. The summed E-state index contributed by atoms with van der Waals surface area (Å²) in [4.78, 5) is 28.6. The highest BCUT2D eigenvalue weighted by Gasteiger charge is 2.15. The molecule has 0 saturated heterocycles. The van der Waals surface area contributed by atoms with Gasteiger partial charge in [-0.1, -0.05) is 30.3 Å². The first-order valence-corrected chi connectivity index (χ1v) is 9.41. The van der Waals surface area contributed by atoms with Gasteiger partial charge in [-0.2, -0.15) is 0 Å². The number of imidazole rings is 1. The molecule has 7 heteroatoms. The molecule has 4 N–H and O–H groups in total. The second-order valence-electron chi connectivity index (χ2n) is 6.95. The molecule has 30 heavy (non-hydrogen) atoms. The Morgan fingerprint density at radius 2 is 1.73 bits per heavy atom. The molecule has 1 heterocycles. The summed E-state index contributed by atoms with van der Waals surface area (Å²) in [6.07, 6.45) is 0.510. The smallest absolute Gasteiger partial charge is 0.323 e. The number of carboxylic acids is 1. The highest BCUT2D eigenvalue weighted by Crippen LogP contribution is 2.23. The minimum atomic E-state index is -0.958. The van der Waals surface area contributed by atoms with Crippen LogP contribution in [0, 0.1) is 0 Å². The number of fused-ring (bicyclic) bond motifs is 1. The van der Waals surface area contributed by atoms with Crippen molar-refractivity contribution in [1.29, 1.82) is 0 Å². The SMILES string of the molecule is Nc1ccc(C(=O)Nc2ccc3nc(Cc4ccccc4)n(CC(=O)O)c3c2)cc1. The summed E-state index contributed by atoms with van der Waals surface area (Å²) in [6.45, 7) is -0.214. The highest BCUT2D eigenvalue weighted by atomic mass is 16.4. The number of benzene rings is 3. The molecule has 0 bridgehead atoms. The van der Waals surface area contributed by atoms with Gasteiger partial charge in [0.2, 0.25) is 0 Å².